The fourth-order valence-electron chi connectivity index (χ4n) is 1.47. The third-order valence-electron chi connectivity index (χ3n) is 2.63. The molecule has 9 nitrogen and oxygen atoms in total. The van der Waals surface area contributed by atoms with Crippen molar-refractivity contribution in [1.29, 1.82) is 0 Å². The first kappa shape index (κ1) is 17.6. The SMILES string of the molecule is Cc1ccc(S(=O)(=O)N[C@@H](C)C(=O)NCC(=O)N=[N+]=[N-])cc1. The Balaban J connectivity index is 2.68. The van der Waals surface area contributed by atoms with Crippen molar-refractivity contribution < 1.29 is 18.0 Å². The molecule has 0 spiro atoms. The van der Waals surface area contributed by atoms with Gasteiger partial charge in [0.15, 0.2) is 0 Å². The highest BCUT2D eigenvalue weighted by Crippen LogP contribution is 2.10. The van der Waals surface area contributed by atoms with Gasteiger partial charge in [-0.05, 0) is 36.6 Å². The van der Waals surface area contributed by atoms with Crippen molar-refractivity contribution in [2.45, 2.75) is 24.8 Å². The van der Waals surface area contributed by atoms with Gasteiger partial charge in [-0.1, -0.05) is 17.7 Å². The molecule has 2 amide bonds. The molecule has 0 aliphatic carbocycles. The average molecular weight is 325 g/mol. The van der Waals surface area contributed by atoms with E-state index in [0.717, 1.165) is 5.56 Å². The minimum atomic E-state index is -3.85. The quantitative estimate of drug-likeness (QED) is 0.449. The third-order valence-corrected chi connectivity index (χ3v) is 4.18. The normalized spacial score (nSPS) is 12.1. The summed E-state index contributed by atoms with van der Waals surface area (Å²) in [6.07, 6.45) is 0. The molecule has 0 bridgehead atoms. The number of aryl methyl sites for hydroxylation is 1. The van der Waals surface area contributed by atoms with Crippen LogP contribution >= 0.6 is 0 Å². The topological polar surface area (TPSA) is 141 Å². The zero-order chi connectivity index (χ0) is 16.8. The van der Waals surface area contributed by atoms with Gasteiger partial charge >= 0.3 is 0 Å². The van der Waals surface area contributed by atoms with E-state index in [0.29, 0.717) is 0 Å². The maximum atomic E-state index is 12.1. The van der Waals surface area contributed by atoms with Crippen LogP contribution in [0.3, 0.4) is 0 Å². The van der Waals surface area contributed by atoms with Gasteiger partial charge in [0.1, 0.15) is 0 Å². The van der Waals surface area contributed by atoms with Gasteiger partial charge in [0, 0.05) is 4.91 Å². The first-order valence-corrected chi connectivity index (χ1v) is 7.69. The summed E-state index contributed by atoms with van der Waals surface area (Å²) in [7, 11) is -3.85. The molecule has 0 aromatic heterocycles. The lowest BCUT2D eigenvalue weighted by molar-refractivity contribution is -0.125. The Kier molecular flexibility index (Phi) is 6.05. The minimum absolute atomic E-state index is 0.0305. The molecule has 0 aliphatic rings. The lowest BCUT2D eigenvalue weighted by Gasteiger charge is -2.14. The summed E-state index contributed by atoms with van der Waals surface area (Å²) in [6.45, 7) is 2.65. The lowest BCUT2D eigenvalue weighted by atomic mass is 10.2. The van der Waals surface area contributed by atoms with Gasteiger partial charge in [0.05, 0.1) is 17.5 Å². The van der Waals surface area contributed by atoms with Crippen molar-refractivity contribution in [2.24, 2.45) is 5.11 Å². The molecule has 1 aromatic rings. The maximum Gasteiger partial charge on any atom is 0.241 e. The van der Waals surface area contributed by atoms with Crippen molar-refractivity contribution in [2.75, 3.05) is 6.54 Å². The van der Waals surface area contributed by atoms with Gasteiger partial charge in [-0.2, -0.15) is 4.72 Å². The Hall–Kier alpha value is -2.42. The fraction of sp³-hybridized carbons (Fsp3) is 0.333. The highest BCUT2D eigenvalue weighted by molar-refractivity contribution is 7.89. The highest BCUT2D eigenvalue weighted by atomic mass is 32.2. The summed E-state index contributed by atoms with van der Waals surface area (Å²) in [4.78, 5) is 24.9. The van der Waals surface area contributed by atoms with Crippen LogP contribution in [0.1, 0.15) is 12.5 Å². The standard InChI is InChI=1S/C12H15N5O4S/c1-8-3-5-10(6-4-8)22(20,21)16-9(2)12(19)14-7-11(18)15-17-13/h3-6,9,16H,7H2,1-2H3,(H,14,19)/t9-/m0/s1. The Morgan fingerprint density at radius 3 is 2.45 bits per heavy atom. The predicted octanol–water partition coefficient (Wildman–Crippen LogP) is 0.615. The lowest BCUT2D eigenvalue weighted by Crippen LogP contribution is -2.45. The smallest absolute Gasteiger partial charge is 0.241 e. The second-order valence-electron chi connectivity index (χ2n) is 4.46. The minimum Gasteiger partial charge on any atom is -0.347 e. The van der Waals surface area contributed by atoms with E-state index in [1.807, 2.05) is 6.92 Å². The highest BCUT2D eigenvalue weighted by Gasteiger charge is 2.22. The van der Waals surface area contributed by atoms with Gasteiger partial charge < -0.3 is 5.32 Å². The van der Waals surface area contributed by atoms with Gasteiger partial charge in [-0.3, -0.25) is 9.59 Å². The molecule has 10 heteroatoms. The molecule has 0 saturated carbocycles. The number of rotatable bonds is 6. The van der Waals surface area contributed by atoms with E-state index in [-0.39, 0.29) is 4.90 Å². The number of nitrogens with zero attached hydrogens (tertiary/aromatic N) is 3. The number of benzene rings is 1. The maximum absolute atomic E-state index is 12.1. The molecule has 1 rings (SSSR count). The van der Waals surface area contributed by atoms with E-state index in [4.69, 9.17) is 5.53 Å². The van der Waals surface area contributed by atoms with Gasteiger partial charge in [-0.25, -0.2) is 8.42 Å². The summed E-state index contributed by atoms with van der Waals surface area (Å²) in [5.74, 6) is -1.58. The number of carbonyl (C=O) groups is 2. The summed E-state index contributed by atoms with van der Waals surface area (Å²) >= 11 is 0. The van der Waals surface area contributed by atoms with Gasteiger partial charge in [-0.15, -0.1) is 0 Å². The molecule has 1 aromatic carbocycles. The van der Waals surface area contributed by atoms with Crippen LogP contribution in [0.2, 0.25) is 0 Å². The molecule has 2 N–H and O–H groups in total. The predicted molar refractivity (Wildman–Crippen MR) is 78.1 cm³/mol. The molecule has 0 unspecified atom stereocenters. The second kappa shape index (κ2) is 7.55. The molecule has 0 aliphatic heterocycles. The van der Waals surface area contributed by atoms with Crippen LogP contribution in [-0.2, 0) is 19.6 Å². The largest absolute Gasteiger partial charge is 0.347 e. The molecular weight excluding hydrogens is 310 g/mol. The molecule has 0 fully saturated rings. The van der Waals surface area contributed by atoms with Crippen LogP contribution in [0, 0.1) is 6.92 Å². The first-order chi connectivity index (χ1) is 10.3. The van der Waals surface area contributed by atoms with E-state index in [1.165, 1.54) is 19.1 Å². The van der Waals surface area contributed by atoms with Crippen molar-refractivity contribution in [3.05, 3.63) is 40.3 Å². The number of nitrogens with one attached hydrogen (secondary N) is 2. The van der Waals surface area contributed by atoms with Crippen LogP contribution in [0.25, 0.3) is 10.4 Å². The molecule has 118 valence electrons. The Labute approximate surface area is 127 Å². The fourth-order valence-corrected chi connectivity index (χ4v) is 2.68. The van der Waals surface area contributed by atoms with Crippen LogP contribution in [-0.4, -0.2) is 32.8 Å². The summed E-state index contributed by atoms with van der Waals surface area (Å²) in [5, 5.41) is 4.94. The summed E-state index contributed by atoms with van der Waals surface area (Å²) in [6, 6.07) is 5.03. The van der Waals surface area contributed by atoms with Crippen LogP contribution in [0.4, 0.5) is 0 Å². The van der Waals surface area contributed by atoms with Crippen molar-refractivity contribution in [1.82, 2.24) is 10.0 Å². The van der Waals surface area contributed by atoms with E-state index >= 15 is 0 Å². The van der Waals surface area contributed by atoms with E-state index in [1.54, 1.807) is 12.1 Å². The second-order valence-corrected chi connectivity index (χ2v) is 6.17. The van der Waals surface area contributed by atoms with Crippen molar-refractivity contribution >= 4 is 21.8 Å². The molecule has 0 radical (unpaired) electrons. The Morgan fingerprint density at radius 1 is 1.32 bits per heavy atom. The third kappa shape index (κ3) is 5.17. The van der Waals surface area contributed by atoms with Crippen molar-refractivity contribution in [3.63, 3.8) is 0 Å². The number of azide groups is 1. The number of hydrogen-bond donors (Lipinski definition) is 2. The van der Waals surface area contributed by atoms with E-state index in [9.17, 15) is 18.0 Å². The number of hydrogen-bond acceptors (Lipinski definition) is 4. The van der Waals surface area contributed by atoms with Gasteiger partial charge in [0.25, 0.3) is 0 Å². The van der Waals surface area contributed by atoms with Crippen LogP contribution < -0.4 is 10.0 Å². The summed E-state index contributed by atoms with van der Waals surface area (Å²) in [5.41, 5.74) is 8.95. The molecule has 0 saturated heterocycles. The van der Waals surface area contributed by atoms with Crippen LogP contribution in [0.15, 0.2) is 34.3 Å². The number of sulfonamides is 1. The van der Waals surface area contributed by atoms with Crippen LogP contribution in [0.5, 0.6) is 0 Å². The first-order valence-electron chi connectivity index (χ1n) is 6.21. The molecule has 1 atom stereocenters. The molecular formula is C12H15N5O4S. The molecule has 0 heterocycles. The van der Waals surface area contributed by atoms with E-state index < -0.39 is 34.4 Å². The number of carbonyl (C=O) groups excluding carboxylic acids is 2. The molecule has 22 heavy (non-hydrogen) atoms. The zero-order valence-electron chi connectivity index (χ0n) is 12.0. The Bertz CT molecular complexity index is 708. The summed E-state index contributed by atoms with van der Waals surface area (Å²) < 4.78 is 26.3. The number of amides is 2. The van der Waals surface area contributed by atoms with E-state index in [2.05, 4.69) is 20.1 Å². The monoisotopic (exact) mass is 325 g/mol. The Morgan fingerprint density at radius 2 is 1.91 bits per heavy atom. The van der Waals surface area contributed by atoms with Crippen molar-refractivity contribution in [3.8, 4) is 0 Å². The zero-order valence-corrected chi connectivity index (χ0v) is 12.8. The van der Waals surface area contributed by atoms with Gasteiger partial charge in [0.2, 0.25) is 21.8 Å². The average Bonchev–Trinajstić information content (AvgIpc) is 2.45.